The van der Waals surface area contributed by atoms with E-state index in [0.29, 0.717) is 0 Å². The quantitative estimate of drug-likeness (QED) is 0.760. The molecule has 0 radical (unpaired) electrons. The summed E-state index contributed by atoms with van der Waals surface area (Å²) in [5.41, 5.74) is 3.57. The number of rotatable bonds is 2. The van der Waals surface area contributed by atoms with E-state index in [9.17, 15) is 4.39 Å². The van der Waals surface area contributed by atoms with Crippen molar-refractivity contribution >= 4 is 15.9 Å². The fourth-order valence-electron chi connectivity index (χ4n) is 1.58. The van der Waals surface area contributed by atoms with E-state index in [1.807, 2.05) is 12.1 Å². The molecule has 0 amide bonds. The highest BCUT2D eigenvalue weighted by molar-refractivity contribution is 9.10. The smallest absolute Gasteiger partial charge is 0.123 e. The van der Waals surface area contributed by atoms with Gasteiger partial charge in [0.1, 0.15) is 5.82 Å². The first kappa shape index (κ1) is 11.3. The van der Waals surface area contributed by atoms with Crippen LogP contribution in [0.3, 0.4) is 0 Å². The van der Waals surface area contributed by atoms with Gasteiger partial charge in [0, 0.05) is 4.47 Å². The lowest BCUT2D eigenvalue weighted by atomic mass is 10.0. The molecule has 0 aliphatic rings. The van der Waals surface area contributed by atoms with E-state index in [2.05, 4.69) is 41.1 Å². The lowest BCUT2D eigenvalue weighted by Gasteiger charge is -2.04. The normalized spacial score (nSPS) is 10.4. The summed E-state index contributed by atoms with van der Waals surface area (Å²) < 4.78 is 13.9. The van der Waals surface area contributed by atoms with E-state index in [-0.39, 0.29) is 5.82 Å². The minimum absolute atomic E-state index is 0.186. The van der Waals surface area contributed by atoms with Crippen molar-refractivity contribution in [2.75, 3.05) is 0 Å². The minimum Gasteiger partial charge on any atom is -0.207 e. The highest BCUT2D eigenvalue weighted by atomic mass is 79.9. The molecule has 0 aliphatic carbocycles. The first-order valence-corrected chi connectivity index (χ1v) is 5.94. The monoisotopic (exact) mass is 278 g/mol. The Balaban J connectivity index is 2.20. The molecule has 0 saturated carbocycles. The van der Waals surface area contributed by atoms with Crippen molar-refractivity contribution in [3.63, 3.8) is 0 Å². The zero-order valence-corrected chi connectivity index (χ0v) is 10.6. The highest BCUT2D eigenvalue weighted by Gasteiger charge is 1.99. The van der Waals surface area contributed by atoms with Gasteiger partial charge >= 0.3 is 0 Å². The summed E-state index contributed by atoms with van der Waals surface area (Å²) in [7, 11) is 0. The van der Waals surface area contributed by atoms with Gasteiger partial charge in [-0.25, -0.2) is 4.39 Å². The van der Waals surface area contributed by atoms with Gasteiger partial charge in [-0.3, -0.25) is 0 Å². The van der Waals surface area contributed by atoms with Crippen LogP contribution in [-0.4, -0.2) is 0 Å². The lowest BCUT2D eigenvalue weighted by molar-refractivity contribution is 0.627. The molecule has 0 unspecified atom stereocenters. The molecule has 0 aromatic heterocycles. The third-order valence-electron chi connectivity index (χ3n) is 2.56. The van der Waals surface area contributed by atoms with Gasteiger partial charge in [0.15, 0.2) is 0 Å². The zero-order chi connectivity index (χ0) is 11.5. The van der Waals surface area contributed by atoms with Gasteiger partial charge in [0.2, 0.25) is 0 Å². The Morgan fingerprint density at radius 3 is 2.25 bits per heavy atom. The first-order chi connectivity index (χ1) is 7.65. The van der Waals surface area contributed by atoms with Gasteiger partial charge in [-0.2, -0.15) is 0 Å². The minimum atomic E-state index is -0.186. The second-order valence-corrected chi connectivity index (χ2v) is 4.74. The molecule has 2 aromatic carbocycles. The zero-order valence-electron chi connectivity index (χ0n) is 9.00. The molecule has 16 heavy (non-hydrogen) atoms. The molecule has 0 N–H and O–H groups in total. The molecule has 82 valence electrons. The number of halogens is 2. The van der Waals surface area contributed by atoms with Crippen LogP contribution in [-0.2, 0) is 6.42 Å². The second-order valence-electron chi connectivity index (χ2n) is 3.89. The van der Waals surface area contributed by atoms with E-state index in [1.165, 1.54) is 23.3 Å². The van der Waals surface area contributed by atoms with Crippen molar-refractivity contribution in [2.24, 2.45) is 0 Å². The largest absolute Gasteiger partial charge is 0.207 e. The van der Waals surface area contributed by atoms with Crippen molar-refractivity contribution in [2.45, 2.75) is 13.3 Å². The molecular weight excluding hydrogens is 267 g/mol. The molecule has 0 bridgehead atoms. The van der Waals surface area contributed by atoms with Crippen molar-refractivity contribution in [1.29, 1.82) is 0 Å². The Kier molecular flexibility index (Phi) is 3.39. The van der Waals surface area contributed by atoms with Crippen molar-refractivity contribution < 1.29 is 4.39 Å². The van der Waals surface area contributed by atoms with Crippen molar-refractivity contribution in [3.8, 4) is 0 Å². The maximum absolute atomic E-state index is 12.7. The lowest BCUT2D eigenvalue weighted by Crippen LogP contribution is -1.89. The van der Waals surface area contributed by atoms with Crippen molar-refractivity contribution in [3.05, 3.63) is 69.4 Å². The summed E-state index contributed by atoms with van der Waals surface area (Å²) in [4.78, 5) is 0. The molecule has 2 aromatic rings. The fourth-order valence-corrected chi connectivity index (χ4v) is 2.01. The standard InChI is InChI=1S/C14H12BrF/c1-10-2-3-12(9-14(10)15)8-11-4-6-13(16)7-5-11/h2-7,9H,8H2,1H3. The van der Waals surface area contributed by atoms with Crippen LogP contribution in [0.1, 0.15) is 16.7 Å². The second kappa shape index (κ2) is 4.79. The van der Waals surface area contributed by atoms with Crippen LogP contribution in [0.5, 0.6) is 0 Å². The summed E-state index contributed by atoms with van der Waals surface area (Å²) >= 11 is 3.51. The average Bonchev–Trinajstić information content (AvgIpc) is 2.27. The molecule has 0 heterocycles. The first-order valence-electron chi connectivity index (χ1n) is 5.14. The van der Waals surface area contributed by atoms with Crippen LogP contribution < -0.4 is 0 Å². The number of hydrogen-bond donors (Lipinski definition) is 0. The Hall–Kier alpha value is -1.15. The number of benzene rings is 2. The maximum Gasteiger partial charge on any atom is 0.123 e. The molecular formula is C14H12BrF. The molecule has 0 aliphatic heterocycles. The Morgan fingerprint density at radius 1 is 1.00 bits per heavy atom. The topological polar surface area (TPSA) is 0 Å². The summed E-state index contributed by atoms with van der Waals surface area (Å²) in [5, 5.41) is 0. The van der Waals surface area contributed by atoms with E-state index in [0.717, 1.165) is 16.5 Å². The third-order valence-corrected chi connectivity index (χ3v) is 3.41. The summed E-state index contributed by atoms with van der Waals surface area (Å²) in [6.07, 6.45) is 0.832. The maximum atomic E-state index is 12.7. The fraction of sp³-hybridized carbons (Fsp3) is 0.143. The van der Waals surface area contributed by atoms with Crippen LogP contribution in [0.4, 0.5) is 4.39 Å². The van der Waals surface area contributed by atoms with Gasteiger partial charge in [0.05, 0.1) is 0 Å². The molecule has 0 nitrogen and oxygen atoms in total. The van der Waals surface area contributed by atoms with E-state index in [4.69, 9.17) is 0 Å². The molecule has 2 heteroatoms. The molecule has 0 saturated heterocycles. The molecule has 2 rings (SSSR count). The van der Waals surface area contributed by atoms with Crippen LogP contribution >= 0.6 is 15.9 Å². The van der Waals surface area contributed by atoms with Crippen LogP contribution in [0, 0.1) is 12.7 Å². The Bertz CT molecular complexity index is 489. The number of hydrogen-bond acceptors (Lipinski definition) is 0. The summed E-state index contributed by atoms with van der Waals surface area (Å²) in [5.74, 6) is -0.186. The predicted molar refractivity (Wildman–Crippen MR) is 68.1 cm³/mol. The van der Waals surface area contributed by atoms with E-state index >= 15 is 0 Å². The number of aryl methyl sites for hydroxylation is 1. The van der Waals surface area contributed by atoms with Crippen LogP contribution in [0.2, 0.25) is 0 Å². The third kappa shape index (κ3) is 2.70. The summed E-state index contributed by atoms with van der Waals surface area (Å²) in [6, 6.07) is 12.9. The Morgan fingerprint density at radius 2 is 1.62 bits per heavy atom. The summed E-state index contributed by atoms with van der Waals surface area (Å²) in [6.45, 7) is 2.06. The van der Waals surface area contributed by atoms with E-state index in [1.54, 1.807) is 0 Å². The highest BCUT2D eigenvalue weighted by Crippen LogP contribution is 2.19. The van der Waals surface area contributed by atoms with Gasteiger partial charge in [0.25, 0.3) is 0 Å². The van der Waals surface area contributed by atoms with Crippen molar-refractivity contribution in [1.82, 2.24) is 0 Å². The molecule has 0 atom stereocenters. The predicted octanol–water partition coefficient (Wildman–Crippen LogP) is 4.49. The van der Waals surface area contributed by atoms with Crippen LogP contribution in [0.25, 0.3) is 0 Å². The SMILES string of the molecule is Cc1ccc(Cc2ccc(F)cc2)cc1Br. The Labute approximate surface area is 103 Å². The molecule has 0 fully saturated rings. The van der Waals surface area contributed by atoms with E-state index < -0.39 is 0 Å². The van der Waals surface area contributed by atoms with Gasteiger partial charge in [-0.1, -0.05) is 40.2 Å². The molecule has 0 spiro atoms. The van der Waals surface area contributed by atoms with Crippen LogP contribution in [0.15, 0.2) is 46.9 Å². The van der Waals surface area contributed by atoms with Gasteiger partial charge < -0.3 is 0 Å². The average molecular weight is 279 g/mol. The van der Waals surface area contributed by atoms with Gasteiger partial charge in [-0.15, -0.1) is 0 Å². The van der Waals surface area contributed by atoms with Gasteiger partial charge in [-0.05, 0) is 48.2 Å².